The van der Waals surface area contributed by atoms with Gasteiger partial charge in [0.15, 0.2) is 5.78 Å². The van der Waals surface area contributed by atoms with E-state index in [1.165, 1.54) is 6.20 Å². The van der Waals surface area contributed by atoms with Gasteiger partial charge < -0.3 is 0 Å². The lowest BCUT2D eigenvalue weighted by molar-refractivity contribution is -0.385. The van der Waals surface area contributed by atoms with Crippen LogP contribution < -0.4 is 0 Å². The summed E-state index contributed by atoms with van der Waals surface area (Å²) in [7, 11) is 0. The van der Waals surface area contributed by atoms with Crippen LogP contribution in [0.15, 0.2) is 42.6 Å². The molecule has 0 aliphatic heterocycles. The third kappa shape index (κ3) is 2.36. The number of hydrogen-bond acceptors (Lipinski definition) is 4. The molecular weight excluding hydrogens is 256 g/mol. The summed E-state index contributed by atoms with van der Waals surface area (Å²) in [5.41, 5.74) is 0.201. The first kappa shape index (κ1) is 12.2. The van der Waals surface area contributed by atoms with Crippen LogP contribution in [0.2, 0.25) is 5.15 Å². The Hall–Kier alpha value is -2.27. The number of halogens is 1. The van der Waals surface area contributed by atoms with E-state index in [9.17, 15) is 14.9 Å². The topological polar surface area (TPSA) is 73.1 Å². The maximum Gasteiger partial charge on any atom is 0.307 e. The highest BCUT2D eigenvalue weighted by molar-refractivity contribution is 6.31. The maximum absolute atomic E-state index is 12.0. The summed E-state index contributed by atoms with van der Waals surface area (Å²) in [6.45, 7) is 0. The Labute approximate surface area is 107 Å². The highest BCUT2D eigenvalue weighted by Crippen LogP contribution is 2.23. The summed E-state index contributed by atoms with van der Waals surface area (Å²) >= 11 is 5.58. The van der Waals surface area contributed by atoms with Gasteiger partial charge in [-0.15, -0.1) is 0 Å². The second kappa shape index (κ2) is 4.93. The van der Waals surface area contributed by atoms with Crippen molar-refractivity contribution in [3.63, 3.8) is 0 Å². The second-order valence-corrected chi connectivity index (χ2v) is 3.84. The van der Waals surface area contributed by atoms with Gasteiger partial charge in [0.1, 0.15) is 0 Å². The molecule has 0 bridgehead atoms. The van der Waals surface area contributed by atoms with Gasteiger partial charge in [-0.3, -0.25) is 14.9 Å². The number of pyridine rings is 1. The van der Waals surface area contributed by atoms with Crippen molar-refractivity contribution >= 4 is 23.1 Å². The Morgan fingerprint density at radius 2 is 1.89 bits per heavy atom. The molecule has 2 aromatic rings. The molecule has 1 aromatic carbocycles. The van der Waals surface area contributed by atoms with Crippen molar-refractivity contribution in [1.29, 1.82) is 0 Å². The smallest absolute Gasteiger partial charge is 0.289 e. The quantitative estimate of drug-likeness (QED) is 0.369. The molecule has 0 atom stereocenters. The fourth-order valence-corrected chi connectivity index (χ4v) is 1.62. The van der Waals surface area contributed by atoms with Crippen molar-refractivity contribution in [2.24, 2.45) is 0 Å². The number of hydrogen-bond donors (Lipinski definition) is 0. The second-order valence-electron chi connectivity index (χ2n) is 3.49. The van der Waals surface area contributed by atoms with E-state index in [-0.39, 0.29) is 22.2 Å². The normalized spacial score (nSPS) is 10.1. The molecule has 0 saturated heterocycles. The summed E-state index contributed by atoms with van der Waals surface area (Å²) in [6, 6.07) is 9.59. The minimum atomic E-state index is -0.670. The SMILES string of the molecule is O=C(c1ccccc1)c1cnc(Cl)c([N+](=O)[O-])c1. The van der Waals surface area contributed by atoms with Gasteiger partial charge in [-0.2, -0.15) is 0 Å². The molecule has 0 N–H and O–H groups in total. The van der Waals surface area contributed by atoms with Crippen LogP contribution >= 0.6 is 11.6 Å². The van der Waals surface area contributed by atoms with Crippen LogP contribution in [0.4, 0.5) is 5.69 Å². The number of aromatic nitrogens is 1. The minimum absolute atomic E-state index is 0.136. The van der Waals surface area contributed by atoms with E-state index in [4.69, 9.17) is 11.6 Å². The fourth-order valence-electron chi connectivity index (χ4n) is 1.44. The van der Waals surface area contributed by atoms with E-state index >= 15 is 0 Å². The summed E-state index contributed by atoms with van der Waals surface area (Å²) in [4.78, 5) is 25.7. The minimum Gasteiger partial charge on any atom is -0.289 e. The summed E-state index contributed by atoms with van der Waals surface area (Å²) in [5, 5.41) is 10.5. The van der Waals surface area contributed by atoms with Gasteiger partial charge in [-0.05, 0) is 0 Å². The zero-order chi connectivity index (χ0) is 13.1. The number of carbonyl (C=O) groups is 1. The van der Waals surface area contributed by atoms with Crippen molar-refractivity contribution in [1.82, 2.24) is 4.98 Å². The molecule has 0 saturated carbocycles. The van der Waals surface area contributed by atoms with Crippen molar-refractivity contribution in [2.75, 3.05) is 0 Å². The zero-order valence-corrected chi connectivity index (χ0v) is 9.79. The van der Waals surface area contributed by atoms with E-state index in [0.29, 0.717) is 5.56 Å². The summed E-state index contributed by atoms with van der Waals surface area (Å²) in [6.07, 6.45) is 1.23. The summed E-state index contributed by atoms with van der Waals surface area (Å²) < 4.78 is 0. The monoisotopic (exact) mass is 262 g/mol. The summed E-state index contributed by atoms with van der Waals surface area (Å²) in [5.74, 6) is -0.331. The lowest BCUT2D eigenvalue weighted by Crippen LogP contribution is -2.03. The van der Waals surface area contributed by atoms with E-state index in [2.05, 4.69) is 4.98 Å². The van der Waals surface area contributed by atoms with Gasteiger partial charge in [0.05, 0.1) is 4.92 Å². The molecule has 6 heteroatoms. The average Bonchev–Trinajstić information content (AvgIpc) is 2.39. The molecule has 18 heavy (non-hydrogen) atoms. The van der Waals surface area contributed by atoms with Crippen molar-refractivity contribution in [2.45, 2.75) is 0 Å². The molecule has 5 nitrogen and oxygen atoms in total. The number of benzene rings is 1. The predicted molar refractivity (Wildman–Crippen MR) is 65.8 cm³/mol. The van der Waals surface area contributed by atoms with Gasteiger partial charge in [-0.25, -0.2) is 4.98 Å². The van der Waals surface area contributed by atoms with E-state index < -0.39 is 4.92 Å². The number of carbonyl (C=O) groups excluding carboxylic acids is 1. The largest absolute Gasteiger partial charge is 0.307 e. The Kier molecular flexibility index (Phi) is 3.34. The lowest BCUT2D eigenvalue weighted by Gasteiger charge is -2.01. The molecule has 2 rings (SSSR count). The predicted octanol–water partition coefficient (Wildman–Crippen LogP) is 2.87. The van der Waals surface area contributed by atoms with Crippen LogP contribution in [0.25, 0.3) is 0 Å². The molecule has 1 aromatic heterocycles. The van der Waals surface area contributed by atoms with Crippen LogP contribution in [0.3, 0.4) is 0 Å². The van der Waals surface area contributed by atoms with Gasteiger partial charge in [0, 0.05) is 23.4 Å². The standard InChI is InChI=1S/C12H7ClN2O3/c13-12-10(15(17)18)6-9(7-14-12)11(16)8-4-2-1-3-5-8/h1-7H. The molecule has 0 radical (unpaired) electrons. The maximum atomic E-state index is 12.0. The van der Waals surface area contributed by atoms with Crippen LogP contribution in [0.5, 0.6) is 0 Å². The molecular formula is C12H7ClN2O3. The number of nitrogens with zero attached hydrogens (tertiary/aromatic N) is 2. The Morgan fingerprint density at radius 3 is 2.50 bits per heavy atom. The van der Waals surface area contributed by atoms with E-state index in [1.54, 1.807) is 30.3 Å². The molecule has 90 valence electrons. The van der Waals surface area contributed by atoms with Crippen molar-refractivity contribution in [3.8, 4) is 0 Å². The third-order valence-electron chi connectivity index (χ3n) is 2.32. The van der Waals surface area contributed by atoms with Crippen molar-refractivity contribution < 1.29 is 9.72 Å². The first-order valence-electron chi connectivity index (χ1n) is 4.99. The first-order valence-corrected chi connectivity index (χ1v) is 5.37. The van der Waals surface area contributed by atoms with Crippen LogP contribution in [-0.2, 0) is 0 Å². The number of nitro groups is 1. The molecule has 0 unspecified atom stereocenters. The number of rotatable bonds is 3. The van der Waals surface area contributed by atoms with Crippen LogP contribution in [0.1, 0.15) is 15.9 Å². The molecule has 0 spiro atoms. The van der Waals surface area contributed by atoms with Crippen LogP contribution in [-0.4, -0.2) is 15.7 Å². The first-order chi connectivity index (χ1) is 8.59. The molecule has 0 aliphatic carbocycles. The Morgan fingerprint density at radius 1 is 1.22 bits per heavy atom. The van der Waals surface area contributed by atoms with Gasteiger partial charge in [0.2, 0.25) is 5.15 Å². The molecule has 0 aliphatic rings. The van der Waals surface area contributed by atoms with Crippen LogP contribution in [0, 0.1) is 10.1 Å². The zero-order valence-electron chi connectivity index (χ0n) is 9.04. The van der Waals surface area contributed by atoms with E-state index in [0.717, 1.165) is 6.07 Å². The highest BCUT2D eigenvalue weighted by Gasteiger charge is 2.18. The molecule has 0 amide bonds. The molecule has 1 heterocycles. The Bertz CT molecular complexity index is 614. The molecule has 0 fully saturated rings. The van der Waals surface area contributed by atoms with E-state index in [1.807, 2.05) is 0 Å². The highest BCUT2D eigenvalue weighted by atomic mass is 35.5. The lowest BCUT2D eigenvalue weighted by atomic mass is 10.1. The van der Waals surface area contributed by atoms with Gasteiger partial charge in [0.25, 0.3) is 0 Å². The van der Waals surface area contributed by atoms with Crippen molar-refractivity contribution in [3.05, 3.63) is 69.0 Å². The fraction of sp³-hybridized carbons (Fsp3) is 0. The number of ketones is 1. The average molecular weight is 263 g/mol. The van der Waals surface area contributed by atoms with Gasteiger partial charge in [-0.1, -0.05) is 41.9 Å². The van der Waals surface area contributed by atoms with Gasteiger partial charge >= 0.3 is 5.69 Å². The Balaban J connectivity index is 2.44. The third-order valence-corrected chi connectivity index (χ3v) is 2.61.